The van der Waals surface area contributed by atoms with Gasteiger partial charge in [-0.15, -0.1) is 0 Å². The molecule has 1 aliphatic rings. The minimum Gasteiger partial charge on any atom is -0.264 e. The van der Waals surface area contributed by atoms with E-state index in [0.29, 0.717) is 0 Å². The van der Waals surface area contributed by atoms with Gasteiger partial charge in [-0.3, -0.25) is 4.98 Å². The van der Waals surface area contributed by atoms with Crippen molar-refractivity contribution in [2.24, 2.45) is 0 Å². The summed E-state index contributed by atoms with van der Waals surface area (Å²) < 4.78 is 6.85. The van der Waals surface area contributed by atoms with Crippen LogP contribution in [-0.2, 0) is 6.54 Å². The van der Waals surface area contributed by atoms with Crippen LogP contribution in [0.25, 0.3) is 33.9 Å². The summed E-state index contributed by atoms with van der Waals surface area (Å²) in [6.45, 7) is 0.852. The maximum absolute atomic E-state index is 4.52. The Morgan fingerprint density at radius 3 is 2.84 bits per heavy atom. The summed E-state index contributed by atoms with van der Waals surface area (Å²) >= 11 is 0. The highest BCUT2D eigenvalue weighted by molar-refractivity contribution is 5.83. The van der Waals surface area contributed by atoms with E-state index in [1.54, 1.807) is 0 Å². The van der Waals surface area contributed by atoms with Crippen LogP contribution >= 0.6 is 0 Å². The average Bonchev–Trinajstić information content (AvgIpc) is 3.29. The van der Waals surface area contributed by atoms with Crippen molar-refractivity contribution in [2.75, 3.05) is 0 Å². The van der Waals surface area contributed by atoms with Crippen molar-refractivity contribution in [3.05, 3.63) is 78.9 Å². The minimum atomic E-state index is 0.852. The first-order chi connectivity index (χ1) is 12.4. The van der Waals surface area contributed by atoms with Crippen LogP contribution < -0.4 is 4.57 Å². The van der Waals surface area contributed by atoms with Crippen LogP contribution in [0.3, 0.4) is 0 Å². The van der Waals surface area contributed by atoms with Gasteiger partial charge in [0.1, 0.15) is 5.69 Å². The van der Waals surface area contributed by atoms with E-state index in [4.69, 9.17) is 0 Å². The molecule has 25 heavy (non-hydrogen) atoms. The molecule has 0 saturated heterocycles. The summed E-state index contributed by atoms with van der Waals surface area (Å²) in [5.41, 5.74) is 6.93. The second-order valence-electron chi connectivity index (χ2n) is 6.31. The topological polar surface area (TPSA) is 39.0 Å². The van der Waals surface area contributed by atoms with Gasteiger partial charge in [0.25, 0.3) is 5.65 Å². The summed E-state index contributed by atoms with van der Waals surface area (Å²) in [6, 6.07) is 16.7. The standard InChI is InChI=1S/C20H14N5/c1-2-5-15(6-3-1)25-17-11-18-22-8-4-10-23(18)20(17)24-13-14-7-9-21-12-16(14)19(24)25/h1-12H,13H2/q+1. The smallest absolute Gasteiger partial charge is 0.264 e. The van der Waals surface area contributed by atoms with Crippen LogP contribution in [0.2, 0.25) is 0 Å². The molecule has 5 nitrogen and oxygen atoms in total. The van der Waals surface area contributed by atoms with Crippen molar-refractivity contribution in [1.29, 1.82) is 0 Å². The molecule has 0 atom stereocenters. The van der Waals surface area contributed by atoms with Crippen LogP contribution in [0.1, 0.15) is 5.56 Å². The maximum atomic E-state index is 4.52. The molecular formula is C20H14N5+. The lowest BCUT2D eigenvalue weighted by Gasteiger charge is -2.02. The van der Waals surface area contributed by atoms with Crippen molar-refractivity contribution in [3.8, 4) is 17.1 Å². The molecule has 5 aromatic rings. The number of nitrogens with zero attached hydrogens (tertiary/aromatic N) is 5. The molecule has 0 amide bonds. The Balaban J connectivity index is 1.83. The molecule has 118 valence electrons. The Morgan fingerprint density at radius 1 is 1.00 bits per heavy atom. The van der Waals surface area contributed by atoms with Gasteiger partial charge in [0.05, 0.1) is 18.3 Å². The van der Waals surface area contributed by atoms with Crippen LogP contribution in [0.15, 0.2) is 73.3 Å². The van der Waals surface area contributed by atoms with Crippen molar-refractivity contribution < 1.29 is 4.57 Å². The van der Waals surface area contributed by atoms with E-state index in [1.165, 1.54) is 17.0 Å². The third kappa shape index (κ3) is 1.59. The number of hydrogen-bond donors (Lipinski definition) is 0. The highest BCUT2D eigenvalue weighted by Crippen LogP contribution is 2.34. The van der Waals surface area contributed by atoms with Gasteiger partial charge in [0.2, 0.25) is 5.82 Å². The molecule has 0 unspecified atom stereocenters. The SMILES string of the molecule is c1ccc(-n2c3[n+](c4c2cc2ncccn24)Cc2ccncc2-3)cc1. The molecule has 0 N–H and O–H groups in total. The van der Waals surface area contributed by atoms with Crippen molar-refractivity contribution in [2.45, 2.75) is 6.54 Å². The third-order valence-corrected chi connectivity index (χ3v) is 4.96. The minimum absolute atomic E-state index is 0.852. The average molecular weight is 324 g/mol. The van der Waals surface area contributed by atoms with Gasteiger partial charge < -0.3 is 0 Å². The molecule has 0 aliphatic carbocycles. The number of aromatic nitrogens is 5. The molecule has 0 spiro atoms. The molecule has 4 aromatic heterocycles. The second-order valence-corrected chi connectivity index (χ2v) is 6.31. The van der Waals surface area contributed by atoms with E-state index >= 15 is 0 Å². The summed E-state index contributed by atoms with van der Waals surface area (Å²) in [5.74, 6) is 1.18. The molecule has 0 bridgehead atoms. The zero-order chi connectivity index (χ0) is 16.4. The molecule has 1 aliphatic heterocycles. The Bertz CT molecular complexity index is 1260. The number of imidazole rings is 1. The van der Waals surface area contributed by atoms with E-state index < -0.39 is 0 Å². The summed E-state index contributed by atoms with van der Waals surface area (Å²) in [7, 11) is 0. The highest BCUT2D eigenvalue weighted by atomic mass is 15.2. The number of benzene rings is 1. The van der Waals surface area contributed by atoms with Crippen LogP contribution in [0, 0.1) is 0 Å². The lowest BCUT2D eigenvalue weighted by atomic mass is 10.1. The zero-order valence-electron chi connectivity index (χ0n) is 13.4. The van der Waals surface area contributed by atoms with E-state index in [9.17, 15) is 0 Å². The largest absolute Gasteiger partial charge is 0.275 e. The maximum Gasteiger partial charge on any atom is 0.275 e. The first-order valence-electron chi connectivity index (χ1n) is 8.31. The van der Waals surface area contributed by atoms with Gasteiger partial charge in [-0.05, 0) is 24.3 Å². The fourth-order valence-corrected chi connectivity index (χ4v) is 3.93. The number of para-hydroxylation sites is 1. The van der Waals surface area contributed by atoms with Crippen LogP contribution in [0.5, 0.6) is 0 Å². The van der Waals surface area contributed by atoms with Crippen molar-refractivity contribution >= 4 is 16.8 Å². The molecule has 0 fully saturated rings. The number of fused-ring (bicyclic) bond motifs is 7. The summed E-state index contributed by atoms with van der Waals surface area (Å²) in [5, 5.41) is 0. The van der Waals surface area contributed by atoms with Gasteiger partial charge in [0, 0.05) is 30.2 Å². The quantitative estimate of drug-likeness (QED) is 0.436. The van der Waals surface area contributed by atoms with Crippen LogP contribution in [0.4, 0.5) is 0 Å². The second kappa shape index (κ2) is 4.54. The van der Waals surface area contributed by atoms with Crippen molar-refractivity contribution in [3.63, 3.8) is 0 Å². The Kier molecular flexibility index (Phi) is 2.34. The molecule has 1 aromatic carbocycles. The normalized spacial score (nSPS) is 12.6. The van der Waals surface area contributed by atoms with Crippen LogP contribution in [-0.4, -0.2) is 18.9 Å². The van der Waals surface area contributed by atoms with E-state index in [0.717, 1.165) is 29.0 Å². The highest BCUT2D eigenvalue weighted by Gasteiger charge is 2.35. The number of hydrogen-bond acceptors (Lipinski definition) is 2. The number of pyridine rings is 1. The molecule has 5 heterocycles. The molecule has 5 heteroatoms. The fourth-order valence-electron chi connectivity index (χ4n) is 3.93. The summed E-state index contributed by atoms with van der Waals surface area (Å²) in [4.78, 5) is 8.89. The van der Waals surface area contributed by atoms with Crippen molar-refractivity contribution in [1.82, 2.24) is 18.9 Å². The van der Waals surface area contributed by atoms with E-state index in [2.05, 4.69) is 66.1 Å². The Hall–Kier alpha value is -3.47. The van der Waals surface area contributed by atoms with Gasteiger partial charge in [-0.2, -0.15) is 0 Å². The van der Waals surface area contributed by atoms with Gasteiger partial charge in [-0.25, -0.2) is 18.5 Å². The Labute approximate surface area is 143 Å². The number of rotatable bonds is 1. The fraction of sp³-hybridized carbons (Fsp3) is 0.0500. The predicted octanol–water partition coefficient (Wildman–Crippen LogP) is 2.99. The lowest BCUT2D eigenvalue weighted by Crippen LogP contribution is -2.32. The first-order valence-corrected chi connectivity index (χ1v) is 8.31. The van der Waals surface area contributed by atoms with E-state index in [1.807, 2.05) is 30.7 Å². The predicted molar refractivity (Wildman–Crippen MR) is 94.6 cm³/mol. The monoisotopic (exact) mass is 324 g/mol. The lowest BCUT2D eigenvalue weighted by molar-refractivity contribution is -0.648. The molecule has 6 rings (SSSR count). The third-order valence-electron chi connectivity index (χ3n) is 4.96. The Morgan fingerprint density at radius 2 is 1.92 bits per heavy atom. The first kappa shape index (κ1) is 12.9. The van der Waals surface area contributed by atoms with Gasteiger partial charge in [0.15, 0.2) is 11.2 Å². The van der Waals surface area contributed by atoms with Gasteiger partial charge in [-0.1, -0.05) is 18.2 Å². The molecule has 0 radical (unpaired) electrons. The zero-order valence-corrected chi connectivity index (χ0v) is 13.4. The van der Waals surface area contributed by atoms with E-state index in [-0.39, 0.29) is 0 Å². The molecular weight excluding hydrogens is 310 g/mol. The summed E-state index contributed by atoms with van der Waals surface area (Å²) in [6.07, 6.45) is 7.75. The van der Waals surface area contributed by atoms with Gasteiger partial charge >= 0.3 is 0 Å². The molecule has 0 saturated carbocycles.